The predicted molar refractivity (Wildman–Crippen MR) is 53.5 cm³/mol. The molecule has 2 rings (SSSR count). The van der Waals surface area contributed by atoms with Crippen molar-refractivity contribution in [2.45, 2.75) is 20.1 Å². The maximum atomic E-state index is 8.80. The summed E-state index contributed by atoms with van der Waals surface area (Å²) >= 11 is 0. The third-order valence-corrected chi connectivity index (χ3v) is 1.89. The van der Waals surface area contributed by atoms with Gasteiger partial charge in [-0.2, -0.15) is 0 Å². The summed E-state index contributed by atoms with van der Waals surface area (Å²) in [6, 6.07) is 3.41. The number of hydrogen-bond acceptors (Lipinski definition) is 6. The van der Waals surface area contributed by atoms with Crippen molar-refractivity contribution in [3.05, 3.63) is 35.8 Å². The number of aliphatic hydroxyl groups is 1. The molecule has 0 aliphatic heterocycles. The van der Waals surface area contributed by atoms with Crippen LogP contribution in [0.3, 0.4) is 0 Å². The molecule has 84 valence electrons. The van der Waals surface area contributed by atoms with Crippen LogP contribution in [0.15, 0.2) is 22.7 Å². The number of nitrogens with zero attached hydrogens (tertiary/aromatic N) is 3. The molecule has 0 aliphatic carbocycles. The van der Waals surface area contributed by atoms with Crippen molar-refractivity contribution in [2.24, 2.45) is 0 Å². The average Bonchev–Trinajstić information content (AvgIpc) is 2.73. The van der Waals surface area contributed by atoms with Gasteiger partial charge in [-0.3, -0.25) is 4.98 Å². The minimum atomic E-state index is -0.0802. The largest absolute Gasteiger partial charge is 0.482 e. The highest BCUT2D eigenvalue weighted by Gasteiger charge is 2.03. The van der Waals surface area contributed by atoms with Gasteiger partial charge < -0.3 is 14.3 Å². The standard InChI is InChI=1S/C10H11N3O3/c1-7-12-13-10(16-7)6-15-9-3-2-8(5-14)11-4-9/h2-4,14H,5-6H2,1H3. The molecule has 0 radical (unpaired) electrons. The van der Waals surface area contributed by atoms with Crippen LogP contribution in [0.2, 0.25) is 0 Å². The fourth-order valence-corrected chi connectivity index (χ4v) is 1.13. The molecule has 6 heteroatoms. The molecule has 6 nitrogen and oxygen atoms in total. The average molecular weight is 221 g/mol. The Morgan fingerprint density at radius 3 is 2.81 bits per heavy atom. The van der Waals surface area contributed by atoms with Gasteiger partial charge >= 0.3 is 0 Å². The van der Waals surface area contributed by atoms with Crippen molar-refractivity contribution in [3.63, 3.8) is 0 Å². The van der Waals surface area contributed by atoms with Crippen LogP contribution in [-0.2, 0) is 13.2 Å². The lowest BCUT2D eigenvalue weighted by Crippen LogP contribution is -1.97. The maximum Gasteiger partial charge on any atom is 0.253 e. The highest BCUT2D eigenvalue weighted by atomic mass is 16.5. The minimum absolute atomic E-state index is 0.0802. The van der Waals surface area contributed by atoms with Gasteiger partial charge in [-0.25, -0.2) is 0 Å². The Morgan fingerprint density at radius 2 is 2.25 bits per heavy atom. The molecule has 0 unspecified atom stereocenters. The van der Waals surface area contributed by atoms with Crippen LogP contribution in [0, 0.1) is 6.92 Å². The molecule has 0 bridgehead atoms. The quantitative estimate of drug-likeness (QED) is 0.824. The number of aliphatic hydroxyl groups excluding tert-OH is 1. The molecule has 2 heterocycles. The second-order valence-electron chi connectivity index (χ2n) is 3.15. The number of ether oxygens (including phenoxy) is 1. The van der Waals surface area contributed by atoms with Crippen molar-refractivity contribution in [1.29, 1.82) is 0 Å². The predicted octanol–water partition coefficient (Wildman–Crippen LogP) is 0.844. The first-order valence-corrected chi connectivity index (χ1v) is 4.75. The molecule has 1 N–H and O–H groups in total. The van der Waals surface area contributed by atoms with Crippen LogP contribution < -0.4 is 4.74 Å². The van der Waals surface area contributed by atoms with E-state index in [-0.39, 0.29) is 13.2 Å². The van der Waals surface area contributed by atoms with Gasteiger partial charge in [-0.1, -0.05) is 0 Å². The van der Waals surface area contributed by atoms with E-state index in [0.717, 1.165) is 0 Å². The first-order valence-electron chi connectivity index (χ1n) is 4.75. The van der Waals surface area contributed by atoms with Crippen molar-refractivity contribution in [2.75, 3.05) is 0 Å². The van der Waals surface area contributed by atoms with E-state index in [1.54, 1.807) is 19.1 Å². The second-order valence-corrected chi connectivity index (χ2v) is 3.15. The molecule has 0 amide bonds. The maximum absolute atomic E-state index is 8.80. The molecule has 0 saturated carbocycles. The van der Waals surface area contributed by atoms with Crippen molar-refractivity contribution < 1.29 is 14.3 Å². The summed E-state index contributed by atoms with van der Waals surface area (Å²) in [5.41, 5.74) is 0.598. The van der Waals surface area contributed by atoms with Crippen LogP contribution >= 0.6 is 0 Å². The molecular weight excluding hydrogens is 210 g/mol. The SMILES string of the molecule is Cc1nnc(COc2ccc(CO)nc2)o1. The molecule has 0 fully saturated rings. The minimum Gasteiger partial charge on any atom is -0.482 e. The van der Waals surface area contributed by atoms with Crippen molar-refractivity contribution in [3.8, 4) is 5.75 Å². The number of aryl methyl sites for hydroxylation is 1. The van der Waals surface area contributed by atoms with Gasteiger partial charge in [-0.05, 0) is 12.1 Å². The first kappa shape index (κ1) is 10.6. The Bertz CT molecular complexity index is 453. The topological polar surface area (TPSA) is 81.3 Å². The molecule has 2 aromatic rings. The summed E-state index contributed by atoms with van der Waals surface area (Å²) < 4.78 is 10.5. The van der Waals surface area contributed by atoms with Crippen LogP contribution in [0.5, 0.6) is 5.75 Å². The van der Waals surface area contributed by atoms with Gasteiger partial charge in [0, 0.05) is 6.92 Å². The summed E-state index contributed by atoms with van der Waals surface area (Å²) in [6.45, 7) is 1.85. The van der Waals surface area contributed by atoms with Gasteiger partial charge in [0.05, 0.1) is 18.5 Å². The van der Waals surface area contributed by atoms with Crippen LogP contribution in [-0.4, -0.2) is 20.3 Å². The first-order chi connectivity index (χ1) is 7.78. The van der Waals surface area contributed by atoms with Crippen LogP contribution in [0.25, 0.3) is 0 Å². The smallest absolute Gasteiger partial charge is 0.253 e. The summed E-state index contributed by atoms with van der Waals surface area (Å²) in [4.78, 5) is 3.97. The molecule has 0 saturated heterocycles. The Kier molecular flexibility index (Phi) is 3.11. The number of aromatic nitrogens is 3. The fraction of sp³-hybridized carbons (Fsp3) is 0.300. The number of rotatable bonds is 4. The normalized spacial score (nSPS) is 10.4. The van der Waals surface area contributed by atoms with Crippen LogP contribution in [0.1, 0.15) is 17.5 Å². The van der Waals surface area contributed by atoms with Gasteiger partial charge in [0.2, 0.25) is 5.89 Å². The third-order valence-electron chi connectivity index (χ3n) is 1.89. The van der Waals surface area contributed by atoms with E-state index in [0.29, 0.717) is 23.2 Å². The summed E-state index contributed by atoms with van der Waals surface area (Å²) in [5.74, 6) is 1.52. The Hall–Kier alpha value is -1.95. The second kappa shape index (κ2) is 4.71. The van der Waals surface area contributed by atoms with E-state index in [4.69, 9.17) is 14.3 Å². The lowest BCUT2D eigenvalue weighted by molar-refractivity contribution is 0.257. The number of hydrogen-bond donors (Lipinski definition) is 1. The Labute approximate surface area is 91.9 Å². The summed E-state index contributed by atoms with van der Waals surface area (Å²) in [7, 11) is 0. The molecular formula is C10H11N3O3. The van der Waals surface area contributed by atoms with Gasteiger partial charge in [0.1, 0.15) is 5.75 Å². The molecule has 0 aromatic carbocycles. The summed E-state index contributed by atoms with van der Waals surface area (Å²) in [5, 5.41) is 16.3. The van der Waals surface area contributed by atoms with Crippen molar-refractivity contribution >= 4 is 0 Å². The van der Waals surface area contributed by atoms with Crippen molar-refractivity contribution in [1.82, 2.24) is 15.2 Å². The molecule has 2 aromatic heterocycles. The van der Waals surface area contributed by atoms with Gasteiger partial charge in [0.25, 0.3) is 5.89 Å². The monoisotopic (exact) mass is 221 g/mol. The Balaban J connectivity index is 1.94. The zero-order valence-electron chi connectivity index (χ0n) is 8.75. The lowest BCUT2D eigenvalue weighted by Gasteiger charge is -2.02. The van der Waals surface area contributed by atoms with E-state index in [1.807, 2.05) is 0 Å². The van der Waals surface area contributed by atoms with Crippen LogP contribution in [0.4, 0.5) is 0 Å². The Morgan fingerprint density at radius 1 is 1.38 bits per heavy atom. The molecule has 0 atom stereocenters. The molecule has 0 aliphatic rings. The number of pyridine rings is 1. The van der Waals surface area contributed by atoms with E-state index in [2.05, 4.69) is 15.2 Å². The zero-order chi connectivity index (χ0) is 11.4. The van der Waals surface area contributed by atoms with E-state index in [1.165, 1.54) is 6.20 Å². The fourth-order valence-electron chi connectivity index (χ4n) is 1.13. The molecule has 0 spiro atoms. The molecule has 16 heavy (non-hydrogen) atoms. The highest BCUT2D eigenvalue weighted by Crippen LogP contribution is 2.11. The lowest BCUT2D eigenvalue weighted by atomic mass is 10.3. The third kappa shape index (κ3) is 2.54. The van der Waals surface area contributed by atoms with E-state index in [9.17, 15) is 0 Å². The highest BCUT2D eigenvalue weighted by molar-refractivity contribution is 5.19. The van der Waals surface area contributed by atoms with Gasteiger partial charge in [-0.15, -0.1) is 10.2 Å². The van der Waals surface area contributed by atoms with Gasteiger partial charge in [0.15, 0.2) is 6.61 Å². The summed E-state index contributed by atoms with van der Waals surface area (Å²) in [6.07, 6.45) is 1.54. The van der Waals surface area contributed by atoms with E-state index >= 15 is 0 Å². The van der Waals surface area contributed by atoms with E-state index < -0.39 is 0 Å². The zero-order valence-corrected chi connectivity index (χ0v) is 8.75.